The van der Waals surface area contributed by atoms with Gasteiger partial charge < -0.3 is 0 Å². The fourth-order valence-electron chi connectivity index (χ4n) is 2.82. The van der Waals surface area contributed by atoms with Crippen LogP contribution >= 0.6 is 0 Å². The van der Waals surface area contributed by atoms with Crippen molar-refractivity contribution >= 4 is 0 Å². The Morgan fingerprint density at radius 1 is 0.667 bits per heavy atom. The maximum absolute atomic E-state index is 4.14. The third-order valence-corrected chi connectivity index (χ3v) is 4.34. The van der Waals surface area contributed by atoms with Crippen LogP contribution in [0, 0.1) is 0 Å². The molecule has 0 spiro atoms. The molecule has 0 aliphatic rings. The molecule has 0 aliphatic carbocycles. The van der Waals surface area contributed by atoms with E-state index >= 15 is 0 Å². The summed E-state index contributed by atoms with van der Waals surface area (Å²) in [6.07, 6.45) is 24.1. The Labute approximate surface area is 135 Å². The van der Waals surface area contributed by atoms with E-state index in [-0.39, 0.29) is 0 Å². The van der Waals surface area contributed by atoms with Gasteiger partial charge in [-0.1, -0.05) is 102 Å². The van der Waals surface area contributed by atoms with Crippen LogP contribution in [0.1, 0.15) is 110 Å². The molecule has 0 amide bonds. The first-order chi connectivity index (χ1) is 10.3. The minimum atomic E-state index is 1.09. The minimum Gasteiger partial charge on any atom is -0.103 e. The molecular formula is C21H40. The van der Waals surface area contributed by atoms with Crippen LogP contribution in [0.4, 0.5) is 0 Å². The van der Waals surface area contributed by atoms with E-state index in [4.69, 9.17) is 0 Å². The second-order valence-electron chi connectivity index (χ2n) is 6.57. The lowest BCUT2D eigenvalue weighted by Gasteiger charge is -2.05. The molecule has 0 nitrogen and oxygen atoms in total. The van der Waals surface area contributed by atoms with Crippen molar-refractivity contribution < 1.29 is 0 Å². The molecule has 0 aromatic rings. The summed E-state index contributed by atoms with van der Waals surface area (Å²) >= 11 is 0. The lowest BCUT2D eigenvalue weighted by molar-refractivity contribution is 0.538. The van der Waals surface area contributed by atoms with E-state index in [0.29, 0.717) is 0 Å². The SMILES string of the molecule is C=CCCC(=C)CCCCCCCCCCCCCCC. The minimum absolute atomic E-state index is 1.09. The predicted molar refractivity (Wildman–Crippen MR) is 98.9 cm³/mol. The van der Waals surface area contributed by atoms with E-state index in [0.717, 1.165) is 12.8 Å². The van der Waals surface area contributed by atoms with Crippen LogP contribution in [-0.4, -0.2) is 0 Å². The largest absolute Gasteiger partial charge is 0.103 e. The maximum atomic E-state index is 4.14. The molecule has 0 rings (SSSR count). The molecule has 0 bridgehead atoms. The first-order valence-corrected chi connectivity index (χ1v) is 9.58. The molecule has 0 heterocycles. The first-order valence-electron chi connectivity index (χ1n) is 9.58. The monoisotopic (exact) mass is 292 g/mol. The van der Waals surface area contributed by atoms with Crippen LogP contribution in [0.2, 0.25) is 0 Å². The average Bonchev–Trinajstić information content (AvgIpc) is 2.49. The molecule has 0 heteroatoms. The van der Waals surface area contributed by atoms with Gasteiger partial charge in [-0.25, -0.2) is 0 Å². The van der Waals surface area contributed by atoms with E-state index in [2.05, 4.69) is 20.1 Å². The normalized spacial score (nSPS) is 10.7. The highest BCUT2D eigenvalue weighted by molar-refractivity contribution is 4.95. The molecule has 0 aromatic carbocycles. The zero-order valence-corrected chi connectivity index (χ0v) is 14.8. The molecule has 0 unspecified atom stereocenters. The highest BCUT2D eigenvalue weighted by Gasteiger charge is 1.96. The fourth-order valence-corrected chi connectivity index (χ4v) is 2.82. The number of hydrogen-bond donors (Lipinski definition) is 0. The van der Waals surface area contributed by atoms with Crippen molar-refractivity contribution in [2.75, 3.05) is 0 Å². The van der Waals surface area contributed by atoms with Gasteiger partial charge in [0.2, 0.25) is 0 Å². The first kappa shape index (κ1) is 20.5. The molecule has 0 N–H and O–H groups in total. The topological polar surface area (TPSA) is 0 Å². The van der Waals surface area contributed by atoms with Crippen molar-refractivity contribution in [3.8, 4) is 0 Å². The van der Waals surface area contributed by atoms with Crippen LogP contribution in [0.5, 0.6) is 0 Å². The van der Waals surface area contributed by atoms with Gasteiger partial charge in [-0.05, 0) is 25.7 Å². The fraction of sp³-hybridized carbons (Fsp3) is 0.810. The number of unbranched alkanes of at least 4 members (excludes halogenated alkanes) is 12. The summed E-state index contributed by atoms with van der Waals surface area (Å²) in [6, 6.07) is 0. The summed E-state index contributed by atoms with van der Waals surface area (Å²) in [7, 11) is 0. The van der Waals surface area contributed by atoms with Gasteiger partial charge in [0.1, 0.15) is 0 Å². The number of rotatable bonds is 17. The van der Waals surface area contributed by atoms with Crippen molar-refractivity contribution in [1.29, 1.82) is 0 Å². The van der Waals surface area contributed by atoms with Gasteiger partial charge in [-0.3, -0.25) is 0 Å². The van der Waals surface area contributed by atoms with E-state index in [9.17, 15) is 0 Å². The van der Waals surface area contributed by atoms with Gasteiger partial charge in [-0.2, -0.15) is 0 Å². The molecule has 0 saturated heterocycles. The third-order valence-electron chi connectivity index (χ3n) is 4.34. The lowest BCUT2D eigenvalue weighted by atomic mass is 10.0. The zero-order valence-electron chi connectivity index (χ0n) is 14.8. The molecule has 0 atom stereocenters. The second-order valence-corrected chi connectivity index (χ2v) is 6.57. The van der Waals surface area contributed by atoms with E-state index < -0.39 is 0 Å². The van der Waals surface area contributed by atoms with Crippen molar-refractivity contribution in [2.24, 2.45) is 0 Å². The highest BCUT2D eigenvalue weighted by atomic mass is 14.0. The average molecular weight is 293 g/mol. The standard InChI is InChI=1S/C21H40/c1-4-6-8-9-10-11-12-13-14-15-16-17-18-20-21(3)19-7-5-2/h5H,2-4,6-20H2,1H3. The summed E-state index contributed by atoms with van der Waals surface area (Å²) in [4.78, 5) is 0. The molecule has 0 radical (unpaired) electrons. The smallest absolute Gasteiger partial charge is 0.0288 e. The van der Waals surface area contributed by atoms with Crippen LogP contribution in [0.25, 0.3) is 0 Å². The predicted octanol–water partition coefficient (Wildman–Crippen LogP) is 7.99. The number of allylic oxidation sites excluding steroid dienone is 2. The van der Waals surface area contributed by atoms with Gasteiger partial charge >= 0.3 is 0 Å². The Morgan fingerprint density at radius 2 is 1.10 bits per heavy atom. The molecule has 0 fully saturated rings. The Morgan fingerprint density at radius 3 is 1.52 bits per heavy atom. The molecule has 21 heavy (non-hydrogen) atoms. The van der Waals surface area contributed by atoms with Crippen molar-refractivity contribution in [2.45, 2.75) is 110 Å². The van der Waals surface area contributed by atoms with Crippen molar-refractivity contribution in [3.63, 3.8) is 0 Å². The highest BCUT2D eigenvalue weighted by Crippen LogP contribution is 2.15. The Bertz CT molecular complexity index is 226. The van der Waals surface area contributed by atoms with Gasteiger partial charge in [0.05, 0.1) is 0 Å². The van der Waals surface area contributed by atoms with Crippen LogP contribution < -0.4 is 0 Å². The van der Waals surface area contributed by atoms with Gasteiger partial charge in [0.15, 0.2) is 0 Å². The second kappa shape index (κ2) is 17.5. The lowest BCUT2D eigenvalue weighted by Crippen LogP contribution is -1.85. The molecular weight excluding hydrogens is 252 g/mol. The zero-order chi connectivity index (χ0) is 15.6. The molecule has 0 aromatic heterocycles. The summed E-state index contributed by atoms with van der Waals surface area (Å²) in [5.41, 5.74) is 1.41. The van der Waals surface area contributed by atoms with Gasteiger partial charge in [-0.15, -0.1) is 6.58 Å². The van der Waals surface area contributed by atoms with Gasteiger partial charge in [0, 0.05) is 0 Å². The summed E-state index contributed by atoms with van der Waals surface area (Å²) < 4.78 is 0. The van der Waals surface area contributed by atoms with E-state index in [1.165, 1.54) is 95.5 Å². The Hall–Kier alpha value is -0.520. The van der Waals surface area contributed by atoms with Crippen LogP contribution in [0.15, 0.2) is 24.8 Å². The van der Waals surface area contributed by atoms with E-state index in [1.54, 1.807) is 0 Å². The van der Waals surface area contributed by atoms with Crippen LogP contribution in [0.3, 0.4) is 0 Å². The molecule has 0 aliphatic heterocycles. The molecule has 0 saturated carbocycles. The summed E-state index contributed by atoms with van der Waals surface area (Å²) in [5, 5.41) is 0. The third kappa shape index (κ3) is 17.4. The van der Waals surface area contributed by atoms with Crippen molar-refractivity contribution in [3.05, 3.63) is 24.8 Å². The number of hydrogen-bond acceptors (Lipinski definition) is 0. The summed E-state index contributed by atoms with van der Waals surface area (Å²) in [5.74, 6) is 0. The van der Waals surface area contributed by atoms with Crippen molar-refractivity contribution in [1.82, 2.24) is 0 Å². The Kier molecular flexibility index (Phi) is 17.1. The van der Waals surface area contributed by atoms with Gasteiger partial charge in [0.25, 0.3) is 0 Å². The Balaban J connectivity index is 3.05. The summed E-state index contributed by atoms with van der Waals surface area (Å²) in [6.45, 7) is 10.2. The van der Waals surface area contributed by atoms with Crippen LogP contribution in [-0.2, 0) is 0 Å². The van der Waals surface area contributed by atoms with E-state index in [1.807, 2.05) is 6.08 Å². The quantitative estimate of drug-likeness (QED) is 0.188. The maximum Gasteiger partial charge on any atom is -0.0288 e. The molecule has 124 valence electrons.